The van der Waals surface area contributed by atoms with E-state index in [4.69, 9.17) is 0 Å². The van der Waals surface area contributed by atoms with E-state index in [1.54, 1.807) is 0 Å². The smallest absolute Gasteiger partial charge is 0.0327 e. The molecule has 0 bridgehead atoms. The fourth-order valence-electron chi connectivity index (χ4n) is 2.39. The van der Waals surface area contributed by atoms with Gasteiger partial charge in [-0.2, -0.15) is 0 Å². The average Bonchev–Trinajstić information content (AvgIpc) is 2.92. The van der Waals surface area contributed by atoms with Gasteiger partial charge in [-0.25, -0.2) is 0 Å². The van der Waals surface area contributed by atoms with Crippen molar-refractivity contribution in [1.29, 1.82) is 0 Å². The molecule has 1 N–H and O–H groups in total. The summed E-state index contributed by atoms with van der Waals surface area (Å²) in [6, 6.07) is 11.5. The molecule has 17 heavy (non-hydrogen) atoms. The Balaban J connectivity index is 1.61. The van der Waals surface area contributed by atoms with Crippen molar-refractivity contribution in [2.45, 2.75) is 25.4 Å². The van der Waals surface area contributed by atoms with E-state index in [0.717, 1.165) is 6.54 Å². The van der Waals surface area contributed by atoms with Crippen molar-refractivity contribution in [3.63, 3.8) is 0 Å². The molecule has 1 aromatic carbocycles. The number of fused-ring (bicyclic) bond motifs is 1. The lowest BCUT2D eigenvalue weighted by atomic mass is 10.1. The van der Waals surface area contributed by atoms with Crippen LogP contribution in [0, 0.1) is 0 Å². The van der Waals surface area contributed by atoms with Gasteiger partial charge in [-0.05, 0) is 51.3 Å². The highest BCUT2D eigenvalue weighted by molar-refractivity contribution is 9.10. The molecule has 3 rings (SSSR count). The standard InChI is InChI=1S/C14H14BrNS/c15-13-5-6-17-14(13)9-16-12-7-10-3-1-2-4-11(10)8-12/h1-6,12,16H,7-9H2. The highest BCUT2D eigenvalue weighted by atomic mass is 79.9. The van der Waals surface area contributed by atoms with E-state index < -0.39 is 0 Å². The van der Waals surface area contributed by atoms with E-state index in [9.17, 15) is 0 Å². The molecule has 0 aliphatic heterocycles. The first kappa shape index (κ1) is 11.5. The van der Waals surface area contributed by atoms with Gasteiger partial charge >= 0.3 is 0 Å². The number of halogens is 1. The van der Waals surface area contributed by atoms with E-state index >= 15 is 0 Å². The zero-order valence-corrected chi connectivity index (χ0v) is 11.9. The highest BCUT2D eigenvalue weighted by Gasteiger charge is 2.20. The Morgan fingerprint density at radius 2 is 1.88 bits per heavy atom. The first-order chi connectivity index (χ1) is 8.33. The van der Waals surface area contributed by atoms with Crippen molar-refractivity contribution in [3.05, 3.63) is 56.2 Å². The Bertz CT molecular complexity index is 495. The summed E-state index contributed by atoms with van der Waals surface area (Å²) < 4.78 is 1.23. The van der Waals surface area contributed by atoms with Crippen molar-refractivity contribution in [1.82, 2.24) is 5.32 Å². The molecule has 0 saturated carbocycles. The van der Waals surface area contributed by atoms with Crippen molar-refractivity contribution in [2.75, 3.05) is 0 Å². The number of rotatable bonds is 3. The molecule has 88 valence electrons. The van der Waals surface area contributed by atoms with Crippen LogP contribution in [0.1, 0.15) is 16.0 Å². The largest absolute Gasteiger partial charge is 0.308 e. The van der Waals surface area contributed by atoms with Gasteiger partial charge in [-0.1, -0.05) is 24.3 Å². The Labute approximate surface area is 114 Å². The summed E-state index contributed by atoms with van der Waals surface area (Å²) in [6.07, 6.45) is 2.33. The lowest BCUT2D eigenvalue weighted by molar-refractivity contribution is 0.535. The first-order valence-corrected chi connectivity index (χ1v) is 7.52. The van der Waals surface area contributed by atoms with Gasteiger partial charge in [-0.15, -0.1) is 11.3 Å². The molecule has 0 spiro atoms. The third-order valence-electron chi connectivity index (χ3n) is 3.29. The Kier molecular flexibility index (Phi) is 3.32. The second-order valence-corrected chi connectivity index (χ2v) is 6.30. The maximum atomic E-state index is 3.65. The Hall–Kier alpha value is -0.640. The van der Waals surface area contributed by atoms with E-state index in [1.807, 2.05) is 11.3 Å². The van der Waals surface area contributed by atoms with Crippen molar-refractivity contribution < 1.29 is 0 Å². The summed E-state index contributed by atoms with van der Waals surface area (Å²) >= 11 is 5.38. The zero-order chi connectivity index (χ0) is 11.7. The minimum atomic E-state index is 0.599. The molecule has 0 atom stereocenters. The monoisotopic (exact) mass is 307 g/mol. The predicted octanol–water partition coefficient (Wildman–Crippen LogP) is 3.77. The Morgan fingerprint density at radius 3 is 2.47 bits per heavy atom. The molecule has 0 unspecified atom stereocenters. The summed E-state index contributed by atoms with van der Waals surface area (Å²) in [7, 11) is 0. The van der Waals surface area contributed by atoms with Crippen LogP contribution in [0.15, 0.2) is 40.2 Å². The van der Waals surface area contributed by atoms with Gasteiger partial charge in [-0.3, -0.25) is 0 Å². The van der Waals surface area contributed by atoms with Gasteiger partial charge in [0.15, 0.2) is 0 Å². The molecule has 0 amide bonds. The minimum Gasteiger partial charge on any atom is -0.308 e. The summed E-state index contributed by atoms with van der Waals surface area (Å²) in [4.78, 5) is 1.39. The third kappa shape index (κ3) is 2.46. The number of hydrogen-bond acceptors (Lipinski definition) is 2. The van der Waals surface area contributed by atoms with E-state index in [1.165, 1.54) is 33.3 Å². The number of hydrogen-bond donors (Lipinski definition) is 1. The van der Waals surface area contributed by atoms with Crippen molar-refractivity contribution >= 4 is 27.3 Å². The number of benzene rings is 1. The second-order valence-electron chi connectivity index (χ2n) is 4.45. The molecule has 1 heterocycles. The maximum Gasteiger partial charge on any atom is 0.0327 e. The summed E-state index contributed by atoms with van der Waals surface area (Å²) in [5, 5.41) is 5.78. The average molecular weight is 308 g/mol. The molecule has 0 saturated heterocycles. The summed E-state index contributed by atoms with van der Waals surface area (Å²) in [6.45, 7) is 0.969. The SMILES string of the molecule is Brc1ccsc1CNC1Cc2ccccc2C1. The quantitative estimate of drug-likeness (QED) is 0.910. The highest BCUT2D eigenvalue weighted by Crippen LogP contribution is 2.25. The van der Waals surface area contributed by atoms with Crippen LogP contribution >= 0.6 is 27.3 Å². The Morgan fingerprint density at radius 1 is 1.18 bits per heavy atom. The van der Waals surface area contributed by atoms with Crippen LogP contribution in [0.4, 0.5) is 0 Å². The molecule has 2 aromatic rings. The summed E-state index contributed by atoms with van der Waals surface area (Å²) in [5.74, 6) is 0. The zero-order valence-electron chi connectivity index (χ0n) is 9.45. The van der Waals surface area contributed by atoms with E-state index in [-0.39, 0.29) is 0 Å². The van der Waals surface area contributed by atoms with Crippen LogP contribution < -0.4 is 5.32 Å². The van der Waals surface area contributed by atoms with Crippen LogP contribution in [0.5, 0.6) is 0 Å². The first-order valence-electron chi connectivity index (χ1n) is 5.85. The molecule has 1 aliphatic carbocycles. The predicted molar refractivity (Wildman–Crippen MR) is 76.5 cm³/mol. The number of nitrogens with one attached hydrogen (secondary N) is 1. The topological polar surface area (TPSA) is 12.0 Å². The molecule has 0 fully saturated rings. The molecule has 3 heteroatoms. The van der Waals surface area contributed by atoms with Gasteiger partial charge in [0.2, 0.25) is 0 Å². The third-order valence-corrected chi connectivity index (χ3v) is 5.22. The van der Waals surface area contributed by atoms with Crippen molar-refractivity contribution in [3.8, 4) is 0 Å². The van der Waals surface area contributed by atoms with Crippen LogP contribution in [0.3, 0.4) is 0 Å². The maximum absolute atomic E-state index is 3.65. The fourth-order valence-corrected chi connectivity index (χ4v) is 3.83. The van der Waals surface area contributed by atoms with Crippen LogP contribution in [-0.2, 0) is 19.4 Å². The van der Waals surface area contributed by atoms with Gasteiger partial charge < -0.3 is 5.32 Å². The van der Waals surface area contributed by atoms with Gasteiger partial charge in [0.25, 0.3) is 0 Å². The van der Waals surface area contributed by atoms with Gasteiger partial charge in [0.05, 0.1) is 0 Å². The lowest BCUT2D eigenvalue weighted by Gasteiger charge is -2.11. The lowest BCUT2D eigenvalue weighted by Crippen LogP contribution is -2.28. The van der Waals surface area contributed by atoms with Crippen LogP contribution in [-0.4, -0.2) is 6.04 Å². The molecule has 1 aliphatic rings. The van der Waals surface area contributed by atoms with Crippen LogP contribution in [0.2, 0.25) is 0 Å². The number of thiophene rings is 1. The van der Waals surface area contributed by atoms with E-state index in [0.29, 0.717) is 6.04 Å². The fraction of sp³-hybridized carbons (Fsp3) is 0.286. The molecular weight excluding hydrogens is 294 g/mol. The van der Waals surface area contributed by atoms with Crippen LogP contribution in [0.25, 0.3) is 0 Å². The molecule has 1 nitrogen and oxygen atoms in total. The summed E-state index contributed by atoms with van der Waals surface area (Å²) in [5.41, 5.74) is 3.02. The molecule has 0 radical (unpaired) electrons. The molecule has 1 aromatic heterocycles. The minimum absolute atomic E-state index is 0.599. The normalized spacial score (nSPS) is 15.1. The van der Waals surface area contributed by atoms with E-state index in [2.05, 4.69) is 57.0 Å². The second kappa shape index (κ2) is 4.92. The van der Waals surface area contributed by atoms with Crippen molar-refractivity contribution in [2.24, 2.45) is 0 Å². The van der Waals surface area contributed by atoms with Gasteiger partial charge in [0.1, 0.15) is 0 Å². The molecular formula is C14H14BrNS. The van der Waals surface area contributed by atoms with Gasteiger partial charge in [0, 0.05) is 21.9 Å².